The van der Waals surface area contributed by atoms with Crippen molar-refractivity contribution in [3.8, 4) is 0 Å². The summed E-state index contributed by atoms with van der Waals surface area (Å²) < 4.78 is 1.92. The van der Waals surface area contributed by atoms with Crippen molar-refractivity contribution in [3.63, 3.8) is 0 Å². The van der Waals surface area contributed by atoms with Crippen LogP contribution in [0.3, 0.4) is 0 Å². The van der Waals surface area contributed by atoms with Crippen molar-refractivity contribution in [3.05, 3.63) is 59.9 Å². The number of rotatable bonds is 3. The van der Waals surface area contributed by atoms with Gasteiger partial charge in [0.25, 0.3) is 5.56 Å². The van der Waals surface area contributed by atoms with Gasteiger partial charge in [0, 0.05) is 14.9 Å². The van der Waals surface area contributed by atoms with Crippen LogP contribution in [-0.2, 0) is 13.0 Å². The number of aromatic nitrogens is 2. The highest BCUT2D eigenvalue weighted by Crippen LogP contribution is 2.23. The normalized spacial score (nSPS) is 11.2. The average Bonchev–Trinajstić information content (AvgIpc) is 2.88. The number of halogens is 2. The number of H-pyrrole nitrogens is 1. The molecule has 2 heterocycles. The Balaban J connectivity index is 2.14. The maximum Gasteiger partial charge on any atom is 0.263 e. The van der Waals surface area contributed by atoms with Crippen LogP contribution >= 0.6 is 46.8 Å². The van der Waals surface area contributed by atoms with Gasteiger partial charge in [-0.05, 0) is 42.4 Å². The fraction of sp³-hybridized carbons (Fsp3) is 0.200. The van der Waals surface area contributed by atoms with E-state index in [1.807, 2.05) is 6.07 Å². The summed E-state index contributed by atoms with van der Waals surface area (Å²) in [6.07, 6.45) is 0.891. The van der Waals surface area contributed by atoms with E-state index in [0.717, 1.165) is 21.7 Å². The van der Waals surface area contributed by atoms with Crippen molar-refractivity contribution in [1.29, 1.82) is 0 Å². The zero-order valence-electron chi connectivity index (χ0n) is 11.7. The van der Waals surface area contributed by atoms with Crippen LogP contribution in [0.15, 0.2) is 29.1 Å². The highest BCUT2D eigenvalue weighted by molar-refractivity contribution is 7.71. The molecule has 0 saturated heterocycles. The van der Waals surface area contributed by atoms with Gasteiger partial charge >= 0.3 is 0 Å². The molecular weight excluding hydrogens is 359 g/mol. The number of aromatic amines is 1. The fourth-order valence-corrected chi connectivity index (χ4v) is 4.00. The molecular formula is C15H12Cl2N2OS2. The minimum atomic E-state index is -0.0966. The molecule has 0 aliphatic rings. The lowest BCUT2D eigenvalue weighted by molar-refractivity contribution is 0.735. The number of nitrogens with one attached hydrogen (secondary N) is 1. The Morgan fingerprint density at radius 1 is 1.32 bits per heavy atom. The first kappa shape index (κ1) is 15.7. The lowest BCUT2D eigenvalue weighted by Crippen LogP contribution is -2.22. The number of thiophene rings is 1. The second kappa shape index (κ2) is 6.16. The zero-order chi connectivity index (χ0) is 15.9. The minimum absolute atomic E-state index is 0.0966. The number of aryl methyl sites for hydroxylation is 1. The Morgan fingerprint density at radius 2 is 2.09 bits per heavy atom. The van der Waals surface area contributed by atoms with Crippen molar-refractivity contribution in [2.45, 2.75) is 19.9 Å². The summed E-state index contributed by atoms with van der Waals surface area (Å²) in [6, 6.07) is 7.14. The van der Waals surface area contributed by atoms with E-state index < -0.39 is 0 Å². The van der Waals surface area contributed by atoms with Crippen LogP contribution in [0.2, 0.25) is 10.0 Å². The molecule has 0 fully saturated rings. The fourth-order valence-electron chi connectivity index (χ4n) is 2.23. The van der Waals surface area contributed by atoms with Crippen LogP contribution in [0, 0.1) is 4.77 Å². The Morgan fingerprint density at radius 3 is 2.77 bits per heavy atom. The van der Waals surface area contributed by atoms with E-state index >= 15 is 0 Å². The summed E-state index contributed by atoms with van der Waals surface area (Å²) in [7, 11) is 0. The van der Waals surface area contributed by atoms with Gasteiger partial charge in [-0.15, -0.1) is 11.3 Å². The van der Waals surface area contributed by atoms with Crippen LogP contribution in [0.25, 0.3) is 10.2 Å². The molecule has 0 aliphatic carbocycles. The molecule has 114 valence electrons. The van der Waals surface area contributed by atoms with Crippen molar-refractivity contribution in [2.24, 2.45) is 0 Å². The summed E-state index contributed by atoms with van der Waals surface area (Å²) in [5.74, 6) is 0. The van der Waals surface area contributed by atoms with Crippen LogP contribution in [0.1, 0.15) is 17.4 Å². The standard InChI is InChI=1S/C15H12Cl2N2OS2/c1-2-10-6-11-13(22-10)18-15(21)19(14(11)20)7-8-3-4-9(16)5-12(8)17/h3-6H,2,7H2,1H3,(H,18,21). The highest BCUT2D eigenvalue weighted by Gasteiger charge is 2.11. The SMILES string of the molecule is CCc1cc2c(=O)n(Cc3ccc(Cl)cc3Cl)c(=S)[nH]c2s1. The molecule has 0 saturated carbocycles. The molecule has 0 bridgehead atoms. The molecule has 3 rings (SSSR count). The lowest BCUT2D eigenvalue weighted by Gasteiger charge is -2.08. The van der Waals surface area contributed by atoms with E-state index in [2.05, 4.69) is 11.9 Å². The first-order chi connectivity index (χ1) is 10.5. The van der Waals surface area contributed by atoms with Gasteiger partial charge in [0.05, 0.1) is 11.9 Å². The van der Waals surface area contributed by atoms with Gasteiger partial charge in [0.15, 0.2) is 4.77 Å². The van der Waals surface area contributed by atoms with E-state index in [-0.39, 0.29) is 5.56 Å². The molecule has 2 aromatic heterocycles. The van der Waals surface area contributed by atoms with Crippen molar-refractivity contribution in [2.75, 3.05) is 0 Å². The lowest BCUT2D eigenvalue weighted by atomic mass is 10.2. The van der Waals surface area contributed by atoms with Crippen LogP contribution in [-0.4, -0.2) is 9.55 Å². The summed E-state index contributed by atoms with van der Waals surface area (Å²) in [4.78, 5) is 17.8. The smallest absolute Gasteiger partial charge is 0.263 e. The summed E-state index contributed by atoms with van der Waals surface area (Å²) in [5.41, 5.74) is 0.707. The Kier molecular flexibility index (Phi) is 4.41. The summed E-state index contributed by atoms with van der Waals surface area (Å²) >= 11 is 19.0. The van der Waals surface area contributed by atoms with Gasteiger partial charge in [0.2, 0.25) is 0 Å². The molecule has 0 amide bonds. The highest BCUT2D eigenvalue weighted by atomic mass is 35.5. The van der Waals surface area contributed by atoms with E-state index in [1.165, 1.54) is 4.57 Å². The Bertz CT molecular complexity index is 972. The van der Waals surface area contributed by atoms with E-state index in [1.54, 1.807) is 29.5 Å². The third-order valence-corrected chi connectivity index (χ3v) is 5.52. The number of fused-ring (bicyclic) bond motifs is 1. The molecule has 3 nitrogen and oxygen atoms in total. The van der Waals surface area contributed by atoms with E-state index in [0.29, 0.717) is 26.7 Å². The predicted octanol–water partition coefficient (Wildman–Crippen LogP) is 5.04. The second-order valence-corrected chi connectivity index (χ2v) is 7.23. The molecule has 1 aromatic carbocycles. The summed E-state index contributed by atoms with van der Waals surface area (Å²) in [6.45, 7) is 2.38. The molecule has 7 heteroatoms. The molecule has 0 aliphatic heterocycles. The van der Waals surface area contributed by atoms with Crippen molar-refractivity contribution in [1.82, 2.24) is 9.55 Å². The van der Waals surface area contributed by atoms with Crippen LogP contribution < -0.4 is 5.56 Å². The average molecular weight is 371 g/mol. The van der Waals surface area contributed by atoms with E-state index in [9.17, 15) is 4.79 Å². The van der Waals surface area contributed by atoms with E-state index in [4.69, 9.17) is 35.4 Å². The Labute approximate surface area is 146 Å². The molecule has 1 N–H and O–H groups in total. The molecule has 0 spiro atoms. The molecule has 0 atom stereocenters. The first-order valence-electron chi connectivity index (χ1n) is 6.69. The third-order valence-electron chi connectivity index (χ3n) is 3.42. The van der Waals surface area contributed by atoms with Crippen molar-refractivity contribution < 1.29 is 0 Å². The van der Waals surface area contributed by atoms with Gasteiger partial charge in [-0.1, -0.05) is 36.2 Å². The van der Waals surface area contributed by atoms with Gasteiger partial charge in [-0.25, -0.2) is 0 Å². The third kappa shape index (κ3) is 2.86. The maximum atomic E-state index is 12.7. The van der Waals surface area contributed by atoms with Gasteiger partial charge < -0.3 is 4.98 Å². The second-order valence-electron chi connectivity index (χ2n) is 4.87. The van der Waals surface area contributed by atoms with Crippen LogP contribution in [0.5, 0.6) is 0 Å². The number of benzene rings is 1. The van der Waals surface area contributed by atoms with Gasteiger partial charge in [0.1, 0.15) is 4.83 Å². The molecule has 22 heavy (non-hydrogen) atoms. The molecule has 3 aromatic rings. The number of nitrogens with zero attached hydrogens (tertiary/aromatic N) is 1. The number of hydrogen-bond donors (Lipinski definition) is 1. The largest absolute Gasteiger partial charge is 0.323 e. The van der Waals surface area contributed by atoms with Gasteiger partial charge in [-0.2, -0.15) is 0 Å². The molecule has 0 radical (unpaired) electrons. The monoisotopic (exact) mass is 370 g/mol. The topological polar surface area (TPSA) is 37.8 Å². The predicted molar refractivity (Wildman–Crippen MR) is 96.2 cm³/mol. The molecule has 0 unspecified atom stereocenters. The number of hydrogen-bond acceptors (Lipinski definition) is 3. The minimum Gasteiger partial charge on any atom is -0.323 e. The Hall–Kier alpha value is -1.14. The zero-order valence-corrected chi connectivity index (χ0v) is 14.8. The van der Waals surface area contributed by atoms with Crippen molar-refractivity contribution >= 4 is 57.0 Å². The quantitative estimate of drug-likeness (QED) is 0.655. The first-order valence-corrected chi connectivity index (χ1v) is 8.67. The summed E-state index contributed by atoms with van der Waals surface area (Å²) in [5, 5.41) is 1.75. The van der Waals surface area contributed by atoms with Crippen LogP contribution in [0.4, 0.5) is 0 Å². The van der Waals surface area contributed by atoms with Gasteiger partial charge in [-0.3, -0.25) is 9.36 Å². The maximum absolute atomic E-state index is 12.7.